The Bertz CT molecular complexity index is 734. The first-order valence-corrected chi connectivity index (χ1v) is 9.11. The summed E-state index contributed by atoms with van der Waals surface area (Å²) in [6.07, 6.45) is 1.77. The molecule has 1 amide bonds. The van der Waals surface area contributed by atoms with Gasteiger partial charge in [0.1, 0.15) is 5.75 Å². The molecule has 2 rings (SSSR count). The molecular weight excluding hydrogens is 342 g/mol. The lowest BCUT2D eigenvalue weighted by atomic mass is 10.2. The molecule has 1 aromatic heterocycles. The van der Waals surface area contributed by atoms with Gasteiger partial charge >= 0.3 is 0 Å². The zero-order valence-electron chi connectivity index (χ0n) is 15.9. The molecule has 0 saturated carbocycles. The Hall–Kier alpha value is -3.09. The Balaban J connectivity index is 1.92. The number of hydrogen-bond acceptors (Lipinski definition) is 4. The number of ether oxygens (including phenoxy) is 1. The van der Waals surface area contributed by atoms with E-state index in [9.17, 15) is 4.79 Å². The van der Waals surface area contributed by atoms with Gasteiger partial charge < -0.3 is 20.7 Å². The molecule has 7 nitrogen and oxygen atoms in total. The van der Waals surface area contributed by atoms with Gasteiger partial charge in [0.2, 0.25) is 0 Å². The highest BCUT2D eigenvalue weighted by Crippen LogP contribution is 2.14. The van der Waals surface area contributed by atoms with Gasteiger partial charge in [0.25, 0.3) is 5.91 Å². The van der Waals surface area contributed by atoms with Crippen LogP contribution in [0.15, 0.2) is 53.7 Å². The summed E-state index contributed by atoms with van der Waals surface area (Å²) in [6.45, 7) is 6.36. The van der Waals surface area contributed by atoms with Crippen molar-refractivity contribution in [3.8, 4) is 5.75 Å². The van der Waals surface area contributed by atoms with Gasteiger partial charge in [-0.25, -0.2) is 4.99 Å². The van der Waals surface area contributed by atoms with Crippen molar-refractivity contribution in [2.45, 2.75) is 26.9 Å². The van der Waals surface area contributed by atoms with Crippen LogP contribution in [0.4, 0.5) is 0 Å². The first kappa shape index (κ1) is 20.2. The van der Waals surface area contributed by atoms with Gasteiger partial charge in [0.15, 0.2) is 12.6 Å². The van der Waals surface area contributed by atoms with Crippen LogP contribution in [0.1, 0.15) is 25.1 Å². The van der Waals surface area contributed by atoms with Gasteiger partial charge in [0.05, 0.1) is 18.8 Å². The zero-order valence-corrected chi connectivity index (χ0v) is 15.9. The van der Waals surface area contributed by atoms with Crippen molar-refractivity contribution in [1.29, 1.82) is 0 Å². The molecule has 7 heteroatoms. The van der Waals surface area contributed by atoms with E-state index in [0.29, 0.717) is 25.4 Å². The molecule has 0 spiro atoms. The first-order chi connectivity index (χ1) is 13.2. The highest BCUT2D eigenvalue weighted by molar-refractivity contribution is 5.79. The normalized spacial score (nSPS) is 11.0. The SMILES string of the molecule is CCNC(=O)COc1cccc(CN=C(NCC)NCc2ccccn2)c1. The Morgan fingerprint density at radius 3 is 2.67 bits per heavy atom. The molecule has 27 heavy (non-hydrogen) atoms. The van der Waals surface area contributed by atoms with Gasteiger partial charge in [-0.1, -0.05) is 18.2 Å². The number of nitrogens with zero attached hydrogens (tertiary/aromatic N) is 2. The molecule has 2 aromatic rings. The summed E-state index contributed by atoms with van der Waals surface area (Å²) < 4.78 is 5.52. The van der Waals surface area contributed by atoms with Crippen LogP contribution in [0.5, 0.6) is 5.75 Å². The van der Waals surface area contributed by atoms with E-state index in [4.69, 9.17) is 4.74 Å². The van der Waals surface area contributed by atoms with Crippen LogP contribution in [0.25, 0.3) is 0 Å². The number of aliphatic imine (C=N–C) groups is 1. The molecule has 1 heterocycles. The van der Waals surface area contributed by atoms with E-state index >= 15 is 0 Å². The van der Waals surface area contributed by atoms with Gasteiger partial charge in [-0.05, 0) is 43.7 Å². The smallest absolute Gasteiger partial charge is 0.257 e. The van der Waals surface area contributed by atoms with E-state index in [1.54, 1.807) is 6.20 Å². The quantitative estimate of drug-likeness (QED) is 0.464. The van der Waals surface area contributed by atoms with Crippen LogP contribution in [0.3, 0.4) is 0 Å². The third-order valence-corrected chi connectivity index (χ3v) is 3.57. The van der Waals surface area contributed by atoms with Gasteiger partial charge in [0, 0.05) is 19.3 Å². The number of rotatable bonds is 9. The van der Waals surface area contributed by atoms with E-state index in [2.05, 4.69) is 25.9 Å². The predicted molar refractivity (Wildman–Crippen MR) is 107 cm³/mol. The number of guanidine groups is 1. The molecule has 0 radical (unpaired) electrons. The van der Waals surface area contributed by atoms with Gasteiger partial charge in [-0.3, -0.25) is 9.78 Å². The van der Waals surface area contributed by atoms with Crippen molar-refractivity contribution < 1.29 is 9.53 Å². The Labute approximate surface area is 160 Å². The number of amides is 1. The number of nitrogens with one attached hydrogen (secondary N) is 3. The molecule has 0 atom stereocenters. The topological polar surface area (TPSA) is 87.6 Å². The molecule has 0 aliphatic heterocycles. The summed E-state index contributed by atoms with van der Waals surface area (Å²) in [5.41, 5.74) is 1.95. The van der Waals surface area contributed by atoms with Crippen LogP contribution in [-0.4, -0.2) is 36.5 Å². The first-order valence-electron chi connectivity index (χ1n) is 9.11. The summed E-state index contributed by atoms with van der Waals surface area (Å²) >= 11 is 0. The number of carbonyl (C=O) groups is 1. The number of pyridine rings is 1. The van der Waals surface area contributed by atoms with Crippen LogP contribution in [0, 0.1) is 0 Å². The van der Waals surface area contributed by atoms with Crippen LogP contribution in [0.2, 0.25) is 0 Å². The van der Waals surface area contributed by atoms with Crippen molar-refractivity contribution in [1.82, 2.24) is 20.9 Å². The summed E-state index contributed by atoms with van der Waals surface area (Å²) in [5.74, 6) is 1.24. The molecule has 3 N–H and O–H groups in total. The van der Waals surface area contributed by atoms with Crippen LogP contribution >= 0.6 is 0 Å². The molecule has 1 aromatic carbocycles. The number of aromatic nitrogens is 1. The summed E-state index contributed by atoms with van der Waals surface area (Å²) in [7, 11) is 0. The highest BCUT2D eigenvalue weighted by Gasteiger charge is 2.03. The largest absolute Gasteiger partial charge is 0.484 e. The summed E-state index contributed by atoms with van der Waals surface area (Å²) in [6, 6.07) is 13.4. The standard InChI is InChI=1S/C20H27N5O2/c1-3-21-19(26)15-27-18-10-7-8-16(12-18)13-24-20(22-4-2)25-14-17-9-5-6-11-23-17/h5-12H,3-4,13-15H2,1-2H3,(H,21,26)(H2,22,24,25). The average molecular weight is 369 g/mol. The molecule has 0 bridgehead atoms. The fraction of sp³-hybridized carbons (Fsp3) is 0.350. The van der Waals surface area contributed by atoms with E-state index in [-0.39, 0.29) is 12.5 Å². The second kappa shape index (κ2) is 11.5. The van der Waals surface area contributed by atoms with E-state index < -0.39 is 0 Å². The molecule has 0 fully saturated rings. The molecule has 0 aliphatic rings. The fourth-order valence-electron chi connectivity index (χ4n) is 2.32. The van der Waals surface area contributed by atoms with Crippen molar-refractivity contribution in [2.75, 3.05) is 19.7 Å². The second-order valence-corrected chi connectivity index (χ2v) is 5.76. The molecule has 0 aliphatic carbocycles. The average Bonchev–Trinajstić information content (AvgIpc) is 2.70. The lowest BCUT2D eigenvalue weighted by molar-refractivity contribution is -0.122. The van der Waals surface area contributed by atoms with Crippen LogP contribution < -0.4 is 20.7 Å². The van der Waals surface area contributed by atoms with Gasteiger partial charge in [-0.15, -0.1) is 0 Å². The van der Waals surface area contributed by atoms with E-state index in [1.807, 2.05) is 56.3 Å². The fourth-order valence-corrected chi connectivity index (χ4v) is 2.32. The summed E-state index contributed by atoms with van der Waals surface area (Å²) in [4.78, 5) is 20.4. The Morgan fingerprint density at radius 2 is 1.93 bits per heavy atom. The number of likely N-dealkylation sites (N-methyl/N-ethyl adjacent to an activating group) is 1. The monoisotopic (exact) mass is 369 g/mol. The second-order valence-electron chi connectivity index (χ2n) is 5.76. The lowest BCUT2D eigenvalue weighted by Gasteiger charge is -2.11. The van der Waals surface area contributed by atoms with Crippen LogP contribution in [-0.2, 0) is 17.9 Å². The van der Waals surface area contributed by atoms with E-state index in [0.717, 1.165) is 23.8 Å². The van der Waals surface area contributed by atoms with Crippen molar-refractivity contribution >= 4 is 11.9 Å². The van der Waals surface area contributed by atoms with Crippen molar-refractivity contribution in [3.63, 3.8) is 0 Å². The third kappa shape index (κ3) is 7.77. The third-order valence-electron chi connectivity index (χ3n) is 3.57. The zero-order chi connectivity index (χ0) is 19.3. The van der Waals surface area contributed by atoms with Gasteiger partial charge in [-0.2, -0.15) is 0 Å². The predicted octanol–water partition coefficient (Wildman–Crippen LogP) is 1.85. The molecule has 0 saturated heterocycles. The highest BCUT2D eigenvalue weighted by atomic mass is 16.5. The lowest BCUT2D eigenvalue weighted by Crippen LogP contribution is -2.37. The Morgan fingerprint density at radius 1 is 1.07 bits per heavy atom. The van der Waals surface area contributed by atoms with E-state index in [1.165, 1.54) is 0 Å². The molecule has 144 valence electrons. The Kier molecular flexibility index (Phi) is 8.62. The number of carbonyl (C=O) groups excluding carboxylic acids is 1. The molecule has 0 unspecified atom stereocenters. The minimum Gasteiger partial charge on any atom is -0.484 e. The maximum atomic E-state index is 11.5. The number of benzene rings is 1. The minimum absolute atomic E-state index is 0.00876. The molecular formula is C20H27N5O2. The summed E-state index contributed by atoms with van der Waals surface area (Å²) in [5, 5.41) is 9.19. The maximum Gasteiger partial charge on any atom is 0.257 e. The minimum atomic E-state index is -0.130. The maximum absolute atomic E-state index is 11.5. The van der Waals surface area contributed by atoms with Crippen molar-refractivity contribution in [2.24, 2.45) is 4.99 Å². The van der Waals surface area contributed by atoms with Crippen molar-refractivity contribution in [3.05, 3.63) is 59.9 Å². The number of hydrogen-bond donors (Lipinski definition) is 3.